The normalized spacial score (nSPS) is 12.6. The fourth-order valence-electron chi connectivity index (χ4n) is 1.57. The van der Waals surface area contributed by atoms with Crippen LogP contribution in [0.5, 0.6) is 0 Å². The molecule has 0 unspecified atom stereocenters. The zero-order valence-electron chi connectivity index (χ0n) is 10.5. The Hall–Kier alpha value is -0.850. The molecule has 1 aromatic rings. The molecule has 0 saturated carbocycles. The molecule has 5 nitrogen and oxygen atoms in total. The van der Waals surface area contributed by atoms with E-state index in [1.165, 1.54) is 10.4 Å². The Morgan fingerprint density at radius 3 is 2.47 bits per heavy atom. The minimum absolute atomic E-state index is 0.000668. The number of rotatable bonds is 6. The van der Waals surface area contributed by atoms with Crippen LogP contribution in [0.1, 0.15) is 26.0 Å². The maximum absolute atomic E-state index is 12.3. The van der Waals surface area contributed by atoms with Gasteiger partial charge in [-0.3, -0.25) is 0 Å². The van der Waals surface area contributed by atoms with Gasteiger partial charge in [0.2, 0.25) is 5.09 Å². The summed E-state index contributed by atoms with van der Waals surface area (Å²) in [5.41, 5.74) is 5.42. The van der Waals surface area contributed by atoms with E-state index >= 15 is 0 Å². The summed E-state index contributed by atoms with van der Waals surface area (Å²) in [5, 5.41) is 0.000668. The predicted molar refractivity (Wildman–Crippen MR) is 66.1 cm³/mol. The lowest BCUT2D eigenvalue weighted by Gasteiger charge is -2.24. The molecule has 0 aliphatic rings. The first-order valence-electron chi connectivity index (χ1n) is 5.68. The SMILES string of the molecule is Cc1ccc(S(=O)(=O)N(CCCN)C(C)C)o1. The van der Waals surface area contributed by atoms with Gasteiger partial charge in [0, 0.05) is 12.6 Å². The van der Waals surface area contributed by atoms with Crippen molar-refractivity contribution in [2.24, 2.45) is 5.73 Å². The Labute approximate surface area is 103 Å². The molecular weight excluding hydrogens is 240 g/mol. The summed E-state index contributed by atoms with van der Waals surface area (Å²) in [7, 11) is -3.54. The van der Waals surface area contributed by atoms with Crippen LogP contribution in [0, 0.1) is 6.92 Å². The van der Waals surface area contributed by atoms with Crippen molar-refractivity contribution in [1.82, 2.24) is 4.31 Å². The fourth-order valence-corrected chi connectivity index (χ4v) is 3.20. The van der Waals surface area contributed by atoms with E-state index in [0.717, 1.165) is 0 Å². The lowest BCUT2D eigenvalue weighted by Crippen LogP contribution is -2.38. The first kappa shape index (κ1) is 14.2. The molecule has 0 fully saturated rings. The average Bonchev–Trinajstić information content (AvgIpc) is 2.65. The van der Waals surface area contributed by atoms with Gasteiger partial charge in [0.15, 0.2) is 0 Å². The van der Waals surface area contributed by atoms with E-state index in [2.05, 4.69) is 0 Å². The number of nitrogens with zero attached hydrogens (tertiary/aromatic N) is 1. The zero-order valence-corrected chi connectivity index (χ0v) is 11.3. The van der Waals surface area contributed by atoms with E-state index in [4.69, 9.17) is 10.2 Å². The van der Waals surface area contributed by atoms with Crippen LogP contribution < -0.4 is 5.73 Å². The van der Waals surface area contributed by atoms with Gasteiger partial charge in [0.05, 0.1) is 0 Å². The number of furan rings is 1. The van der Waals surface area contributed by atoms with Gasteiger partial charge in [-0.2, -0.15) is 4.31 Å². The number of hydrogen-bond acceptors (Lipinski definition) is 4. The molecule has 17 heavy (non-hydrogen) atoms. The van der Waals surface area contributed by atoms with Crippen LogP contribution in [-0.2, 0) is 10.0 Å². The molecule has 0 saturated heterocycles. The third-order valence-electron chi connectivity index (χ3n) is 2.44. The van der Waals surface area contributed by atoms with Crippen LogP contribution >= 0.6 is 0 Å². The third-order valence-corrected chi connectivity index (χ3v) is 4.39. The van der Waals surface area contributed by atoms with E-state index < -0.39 is 10.0 Å². The van der Waals surface area contributed by atoms with Crippen molar-refractivity contribution in [3.63, 3.8) is 0 Å². The molecule has 0 amide bonds. The third kappa shape index (κ3) is 3.31. The van der Waals surface area contributed by atoms with Gasteiger partial charge >= 0.3 is 0 Å². The minimum atomic E-state index is -3.54. The highest BCUT2D eigenvalue weighted by Gasteiger charge is 2.29. The number of sulfonamides is 1. The maximum Gasteiger partial charge on any atom is 0.276 e. The summed E-state index contributed by atoms with van der Waals surface area (Å²) in [6.07, 6.45) is 0.636. The highest BCUT2D eigenvalue weighted by atomic mass is 32.2. The van der Waals surface area contributed by atoms with Crippen LogP contribution in [-0.4, -0.2) is 31.9 Å². The Morgan fingerprint density at radius 2 is 2.06 bits per heavy atom. The van der Waals surface area contributed by atoms with Crippen molar-refractivity contribution in [2.45, 2.75) is 38.3 Å². The summed E-state index contributed by atoms with van der Waals surface area (Å²) in [4.78, 5) is 0. The van der Waals surface area contributed by atoms with E-state index in [-0.39, 0.29) is 11.1 Å². The van der Waals surface area contributed by atoms with Crippen molar-refractivity contribution in [1.29, 1.82) is 0 Å². The van der Waals surface area contributed by atoms with Gasteiger partial charge in [-0.1, -0.05) is 0 Å². The van der Waals surface area contributed by atoms with Gasteiger partial charge in [-0.25, -0.2) is 8.42 Å². The van der Waals surface area contributed by atoms with Crippen molar-refractivity contribution < 1.29 is 12.8 Å². The van der Waals surface area contributed by atoms with Crippen molar-refractivity contribution in [2.75, 3.05) is 13.1 Å². The van der Waals surface area contributed by atoms with E-state index in [0.29, 0.717) is 25.3 Å². The molecule has 1 heterocycles. The van der Waals surface area contributed by atoms with Gasteiger partial charge in [-0.05, 0) is 45.9 Å². The molecule has 98 valence electrons. The smallest absolute Gasteiger partial charge is 0.276 e. The second kappa shape index (κ2) is 5.66. The summed E-state index contributed by atoms with van der Waals surface area (Å²) in [6, 6.07) is 3.02. The topological polar surface area (TPSA) is 76.5 Å². The van der Waals surface area contributed by atoms with Crippen LogP contribution in [0.2, 0.25) is 0 Å². The quantitative estimate of drug-likeness (QED) is 0.837. The second-order valence-corrected chi connectivity index (χ2v) is 6.04. The van der Waals surface area contributed by atoms with Gasteiger partial charge < -0.3 is 10.2 Å². The van der Waals surface area contributed by atoms with E-state index in [1.807, 2.05) is 13.8 Å². The van der Waals surface area contributed by atoms with Gasteiger partial charge in [0.1, 0.15) is 5.76 Å². The summed E-state index contributed by atoms with van der Waals surface area (Å²) < 4.78 is 31.2. The molecule has 1 rings (SSSR count). The van der Waals surface area contributed by atoms with E-state index in [1.54, 1.807) is 13.0 Å². The maximum atomic E-state index is 12.3. The number of aryl methyl sites for hydroxylation is 1. The Bertz CT molecular complexity index is 451. The molecule has 0 aliphatic heterocycles. The molecule has 6 heteroatoms. The predicted octanol–water partition coefficient (Wildman–Crippen LogP) is 1.34. The van der Waals surface area contributed by atoms with Crippen molar-refractivity contribution in [3.8, 4) is 0 Å². The molecule has 0 radical (unpaired) electrons. The zero-order chi connectivity index (χ0) is 13.1. The van der Waals surface area contributed by atoms with Crippen LogP contribution in [0.3, 0.4) is 0 Å². The Kier molecular flexibility index (Phi) is 4.73. The van der Waals surface area contributed by atoms with E-state index in [9.17, 15) is 8.42 Å². The standard InChI is InChI=1S/C11H20N2O3S/c1-9(2)13(8-4-7-12)17(14,15)11-6-5-10(3)16-11/h5-6,9H,4,7-8,12H2,1-3H3. The van der Waals surface area contributed by atoms with Crippen LogP contribution in [0.25, 0.3) is 0 Å². The Balaban J connectivity index is 3.00. The second-order valence-electron chi connectivity index (χ2n) is 4.22. The molecule has 1 aromatic heterocycles. The monoisotopic (exact) mass is 260 g/mol. The molecular formula is C11H20N2O3S. The number of hydrogen-bond donors (Lipinski definition) is 1. The molecule has 0 atom stereocenters. The number of nitrogens with two attached hydrogens (primary N) is 1. The molecule has 0 bridgehead atoms. The first-order valence-corrected chi connectivity index (χ1v) is 7.12. The van der Waals surface area contributed by atoms with Gasteiger partial charge in [0.25, 0.3) is 10.0 Å². The Morgan fingerprint density at radius 1 is 1.41 bits per heavy atom. The summed E-state index contributed by atoms with van der Waals surface area (Å²) in [5.74, 6) is 0.589. The molecule has 0 spiro atoms. The summed E-state index contributed by atoms with van der Waals surface area (Å²) in [6.45, 7) is 6.28. The summed E-state index contributed by atoms with van der Waals surface area (Å²) >= 11 is 0. The highest BCUT2D eigenvalue weighted by Crippen LogP contribution is 2.20. The van der Waals surface area contributed by atoms with Crippen LogP contribution in [0.15, 0.2) is 21.6 Å². The van der Waals surface area contributed by atoms with Gasteiger partial charge in [-0.15, -0.1) is 0 Å². The highest BCUT2D eigenvalue weighted by molar-refractivity contribution is 7.89. The van der Waals surface area contributed by atoms with Crippen LogP contribution in [0.4, 0.5) is 0 Å². The molecule has 2 N–H and O–H groups in total. The van der Waals surface area contributed by atoms with Crippen molar-refractivity contribution in [3.05, 3.63) is 17.9 Å². The first-order chi connectivity index (χ1) is 7.89. The minimum Gasteiger partial charge on any atom is -0.449 e. The largest absolute Gasteiger partial charge is 0.449 e. The molecule has 0 aliphatic carbocycles. The van der Waals surface area contributed by atoms with Crippen molar-refractivity contribution >= 4 is 10.0 Å². The average molecular weight is 260 g/mol. The lowest BCUT2D eigenvalue weighted by molar-refractivity contribution is 0.331. The lowest BCUT2D eigenvalue weighted by atomic mass is 10.3. The molecule has 0 aromatic carbocycles. The fraction of sp³-hybridized carbons (Fsp3) is 0.636.